The van der Waals surface area contributed by atoms with Crippen LogP contribution in [0, 0.1) is 13.8 Å². The van der Waals surface area contributed by atoms with Gasteiger partial charge >= 0.3 is 0 Å². The van der Waals surface area contributed by atoms with Gasteiger partial charge in [0.2, 0.25) is 0 Å². The second-order valence-corrected chi connectivity index (χ2v) is 6.44. The lowest BCUT2D eigenvalue weighted by Gasteiger charge is -2.26. The quantitative estimate of drug-likeness (QED) is 0.886. The lowest BCUT2D eigenvalue weighted by molar-refractivity contribution is 0.166. The van der Waals surface area contributed by atoms with Crippen LogP contribution in [0.3, 0.4) is 0 Å². The van der Waals surface area contributed by atoms with Gasteiger partial charge in [0.05, 0.1) is 6.10 Å². The molecule has 1 N–H and O–H groups in total. The first-order chi connectivity index (χ1) is 8.16. The zero-order valence-electron chi connectivity index (χ0n) is 10.8. The van der Waals surface area contributed by atoms with E-state index in [0.29, 0.717) is 5.25 Å². The molecular formula is C15H22OS. The summed E-state index contributed by atoms with van der Waals surface area (Å²) in [4.78, 5) is 0. The van der Waals surface area contributed by atoms with E-state index in [0.717, 1.165) is 6.42 Å². The molecule has 0 aliphatic carbocycles. The molecule has 1 nitrogen and oxygen atoms in total. The molecule has 17 heavy (non-hydrogen) atoms. The van der Waals surface area contributed by atoms with Crippen LogP contribution in [-0.4, -0.2) is 22.2 Å². The molecule has 0 spiro atoms. The van der Waals surface area contributed by atoms with E-state index in [4.69, 9.17) is 0 Å². The third-order valence-electron chi connectivity index (χ3n) is 3.66. The van der Waals surface area contributed by atoms with Crippen LogP contribution < -0.4 is 0 Å². The van der Waals surface area contributed by atoms with Crippen molar-refractivity contribution in [2.45, 2.75) is 50.9 Å². The van der Waals surface area contributed by atoms with Crippen molar-refractivity contribution in [1.82, 2.24) is 0 Å². The van der Waals surface area contributed by atoms with Crippen LogP contribution >= 0.6 is 11.8 Å². The fraction of sp³-hybridized carbons (Fsp3) is 0.600. The molecule has 1 saturated heterocycles. The van der Waals surface area contributed by atoms with Crippen LogP contribution in [-0.2, 0) is 6.42 Å². The number of benzene rings is 1. The molecule has 0 bridgehead atoms. The zero-order valence-corrected chi connectivity index (χ0v) is 11.6. The molecule has 94 valence electrons. The third kappa shape index (κ3) is 3.49. The predicted molar refractivity (Wildman–Crippen MR) is 75.7 cm³/mol. The highest BCUT2D eigenvalue weighted by atomic mass is 32.2. The Morgan fingerprint density at radius 3 is 2.76 bits per heavy atom. The summed E-state index contributed by atoms with van der Waals surface area (Å²) < 4.78 is 0. The maximum atomic E-state index is 10.3. The molecule has 2 atom stereocenters. The highest BCUT2D eigenvalue weighted by Gasteiger charge is 2.22. The summed E-state index contributed by atoms with van der Waals surface area (Å²) in [7, 11) is 0. The highest BCUT2D eigenvalue weighted by molar-refractivity contribution is 8.00. The van der Waals surface area contributed by atoms with Crippen molar-refractivity contribution in [1.29, 1.82) is 0 Å². The third-order valence-corrected chi connectivity index (χ3v) is 5.16. The lowest BCUT2D eigenvalue weighted by atomic mass is 9.99. The molecule has 0 radical (unpaired) electrons. The summed E-state index contributed by atoms with van der Waals surface area (Å²) in [6.45, 7) is 4.27. The smallest absolute Gasteiger partial charge is 0.0699 e. The van der Waals surface area contributed by atoms with Crippen molar-refractivity contribution in [2.75, 3.05) is 5.75 Å². The SMILES string of the molecule is Cc1ccc(CC(O)C2CCCCS2)cc1C. The summed E-state index contributed by atoms with van der Waals surface area (Å²) in [5, 5.41) is 10.7. The zero-order chi connectivity index (χ0) is 12.3. The van der Waals surface area contributed by atoms with E-state index in [9.17, 15) is 5.11 Å². The van der Waals surface area contributed by atoms with Crippen molar-refractivity contribution >= 4 is 11.8 Å². The number of rotatable bonds is 3. The van der Waals surface area contributed by atoms with Crippen LogP contribution in [0.15, 0.2) is 18.2 Å². The molecule has 1 aromatic carbocycles. The summed E-state index contributed by atoms with van der Waals surface area (Å²) in [5.41, 5.74) is 3.92. The van der Waals surface area contributed by atoms with Crippen molar-refractivity contribution in [3.63, 3.8) is 0 Å². The minimum Gasteiger partial charge on any atom is -0.392 e. The molecule has 1 heterocycles. The van der Waals surface area contributed by atoms with Gasteiger partial charge in [0, 0.05) is 5.25 Å². The van der Waals surface area contributed by atoms with Crippen molar-refractivity contribution in [2.24, 2.45) is 0 Å². The molecule has 0 saturated carbocycles. The van der Waals surface area contributed by atoms with E-state index < -0.39 is 0 Å². The molecular weight excluding hydrogens is 228 g/mol. The van der Waals surface area contributed by atoms with Gasteiger partial charge in [-0.2, -0.15) is 11.8 Å². The summed E-state index contributed by atoms with van der Waals surface area (Å²) >= 11 is 1.95. The maximum absolute atomic E-state index is 10.3. The molecule has 1 aromatic rings. The molecule has 2 rings (SSSR count). The molecule has 1 aliphatic heterocycles. The average molecular weight is 250 g/mol. The van der Waals surface area contributed by atoms with Gasteiger partial charge in [0.15, 0.2) is 0 Å². The largest absolute Gasteiger partial charge is 0.392 e. The average Bonchev–Trinajstić information content (AvgIpc) is 2.35. The molecule has 1 fully saturated rings. The Morgan fingerprint density at radius 1 is 1.29 bits per heavy atom. The number of hydrogen-bond acceptors (Lipinski definition) is 2. The Labute approximate surface area is 109 Å². The maximum Gasteiger partial charge on any atom is 0.0699 e. The van der Waals surface area contributed by atoms with Gasteiger partial charge in [-0.1, -0.05) is 24.6 Å². The van der Waals surface area contributed by atoms with Crippen molar-refractivity contribution in [3.8, 4) is 0 Å². The number of hydrogen-bond donors (Lipinski definition) is 1. The van der Waals surface area contributed by atoms with E-state index in [1.165, 1.54) is 41.7 Å². The number of thioether (sulfide) groups is 1. The van der Waals surface area contributed by atoms with Gasteiger partial charge in [0.25, 0.3) is 0 Å². The van der Waals surface area contributed by atoms with Gasteiger partial charge in [-0.15, -0.1) is 0 Å². The van der Waals surface area contributed by atoms with E-state index in [1.54, 1.807) is 0 Å². The molecule has 1 aliphatic rings. The van der Waals surface area contributed by atoms with Crippen LogP contribution in [0.25, 0.3) is 0 Å². The van der Waals surface area contributed by atoms with Gasteiger partial charge < -0.3 is 5.11 Å². The number of aryl methyl sites for hydroxylation is 2. The monoisotopic (exact) mass is 250 g/mol. The van der Waals surface area contributed by atoms with Crippen molar-refractivity contribution in [3.05, 3.63) is 34.9 Å². The standard InChI is InChI=1S/C15H22OS/c1-11-6-7-13(9-12(11)2)10-14(16)15-5-3-4-8-17-15/h6-7,9,14-16H,3-5,8,10H2,1-2H3. The van der Waals surface area contributed by atoms with E-state index in [-0.39, 0.29) is 6.10 Å². The fourth-order valence-corrected chi connectivity index (χ4v) is 3.70. The highest BCUT2D eigenvalue weighted by Crippen LogP contribution is 2.29. The van der Waals surface area contributed by atoms with Gasteiger partial charge in [0.1, 0.15) is 0 Å². The van der Waals surface area contributed by atoms with Crippen LogP contribution in [0.4, 0.5) is 0 Å². The van der Waals surface area contributed by atoms with Gasteiger partial charge in [-0.05, 0) is 55.6 Å². The first kappa shape index (κ1) is 13.0. The number of aliphatic hydroxyl groups is 1. The van der Waals surface area contributed by atoms with E-state index in [2.05, 4.69) is 32.0 Å². The molecule has 0 amide bonds. The Balaban J connectivity index is 1.96. The summed E-state index contributed by atoms with van der Waals surface area (Å²) in [6.07, 6.45) is 4.40. The fourth-order valence-electron chi connectivity index (χ4n) is 2.37. The molecule has 2 heteroatoms. The van der Waals surface area contributed by atoms with Crippen LogP contribution in [0.5, 0.6) is 0 Å². The molecule has 2 unspecified atom stereocenters. The second-order valence-electron chi connectivity index (χ2n) is 5.10. The number of aliphatic hydroxyl groups excluding tert-OH is 1. The molecule has 0 aromatic heterocycles. The van der Waals surface area contributed by atoms with Gasteiger partial charge in [-0.25, -0.2) is 0 Å². The van der Waals surface area contributed by atoms with Crippen LogP contribution in [0.1, 0.15) is 36.0 Å². The van der Waals surface area contributed by atoms with Crippen molar-refractivity contribution < 1.29 is 5.11 Å². The Bertz CT molecular complexity index is 369. The van der Waals surface area contributed by atoms with E-state index >= 15 is 0 Å². The topological polar surface area (TPSA) is 20.2 Å². The lowest BCUT2D eigenvalue weighted by Crippen LogP contribution is -2.27. The summed E-state index contributed by atoms with van der Waals surface area (Å²) in [5.74, 6) is 1.22. The minimum absolute atomic E-state index is 0.178. The Hall–Kier alpha value is -0.470. The van der Waals surface area contributed by atoms with E-state index in [1.807, 2.05) is 11.8 Å². The summed E-state index contributed by atoms with van der Waals surface area (Å²) in [6, 6.07) is 6.52. The Kier molecular flexibility index (Phi) is 4.52. The normalized spacial score (nSPS) is 22.4. The second kappa shape index (κ2) is 5.92. The van der Waals surface area contributed by atoms with Gasteiger partial charge in [-0.3, -0.25) is 0 Å². The minimum atomic E-state index is -0.178. The first-order valence-electron chi connectivity index (χ1n) is 6.52. The Morgan fingerprint density at radius 2 is 2.12 bits per heavy atom. The van der Waals surface area contributed by atoms with Crippen LogP contribution in [0.2, 0.25) is 0 Å². The predicted octanol–water partition coefficient (Wildman–Crippen LogP) is 3.49. The first-order valence-corrected chi connectivity index (χ1v) is 7.57.